The molecule has 0 saturated heterocycles. The average Bonchev–Trinajstić information content (AvgIpc) is 3.10. The third-order valence-electron chi connectivity index (χ3n) is 16.2. The summed E-state index contributed by atoms with van der Waals surface area (Å²) in [6.07, 6.45) is 7.08. The van der Waals surface area contributed by atoms with Crippen LogP contribution in [0.25, 0.3) is 0 Å². The number of aliphatic hydroxyl groups is 1. The number of nitrogens with one attached hydrogen (secondary N) is 1. The molecule has 4 fully saturated rings. The number of carboxylic acid groups (broad SMARTS) is 2. The first-order valence-corrected chi connectivity index (χ1v) is 20.1. The summed E-state index contributed by atoms with van der Waals surface area (Å²) in [5.74, 6) is -4.15. The van der Waals surface area contributed by atoms with E-state index in [0.717, 1.165) is 48.1 Å². The van der Waals surface area contributed by atoms with Crippen molar-refractivity contribution in [2.75, 3.05) is 6.54 Å². The van der Waals surface area contributed by atoms with Gasteiger partial charge in [0.15, 0.2) is 5.78 Å². The Morgan fingerprint density at radius 3 is 2.16 bits per heavy atom. The normalized spacial score (nSPS) is 37.3. The van der Waals surface area contributed by atoms with Gasteiger partial charge in [-0.25, -0.2) is 0 Å². The second-order valence-electron chi connectivity index (χ2n) is 19.6. The maximum Gasteiger partial charge on any atom is 1.00 e. The number of carboxylic acids is 2. The zero-order chi connectivity index (χ0) is 39.6. The average molecular weight is 823 g/mol. The minimum atomic E-state index is -1.65. The number of rotatable bonds is 10. The molecule has 1 unspecified atom stereocenters. The minimum Gasteiger partial charge on any atom is -0.550 e. The van der Waals surface area contributed by atoms with E-state index in [9.17, 15) is 39.3 Å². The van der Waals surface area contributed by atoms with Crippen LogP contribution in [0.3, 0.4) is 0 Å². The molecule has 0 bridgehead atoms. The van der Waals surface area contributed by atoms with Gasteiger partial charge in [0.2, 0.25) is 11.8 Å². The van der Waals surface area contributed by atoms with Crippen LogP contribution < -0.4 is 118 Å². The van der Waals surface area contributed by atoms with Crippen LogP contribution in [0.15, 0.2) is 42.0 Å². The van der Waals surface area contributed by atoms with Gasteiger partial charge in [0.05, 0.1) is 18.1 Å². The molecule has 1 aromatic carbocycles. The minimum absolute atomic E-state index is 0. The quantitative estimate of drug-likeness (QED) is 0.259. The van der Waals surface area contributed by atoms with Gasteiger partial charge in [-0.15, -0.1) is 0 Å². The maximum absolute atomic E-state index is 14.9. The van der Waals surface area contributed by atoms with Gasteiger partial charge in [0.1, 0.15) is 6.54 Å². The molecule has 2 N–H and O–H groups in total. The Labute approximate surface area is 418 Å². The summed E-state index contributed by atoms with van der Waals surface area (Å²) in [4.78, 5) is 68.1. The number of aliphatic carboxylic acids is 2. The zero-order valence-corrected chi connectivity index (χ0v) is 41.5. The summed E-state index contributed by atoms with van der Waals surface area (Å²) >= 11 is 0. The van der Waals surface area contributed by atoms with Crippen LogP contribution in [0.2, 0.25) is 0 Å². The standard InChI is InChI=1S/C44H62N2O8.2K/c1-39(2)32-15-18-44(7)36(42(32,5)17-16-33(39)48)31(47)23-28-29-24-41(4,20-19-40(29,3)21-22-43(28,44)6)38(54)46(30(37(52)53)13-14-35(50)51)26-34(49)45-25-27-11-9-8-10-12-27;;/h8-12,23,29-30,32-33,36,48H,13-22,24-26H2,1-7H3,(H,45,49)(H,50,51)(H,52,53);;/q;2*+1/p-2/t29-,30?,32-,33-,36+,40+,41-,42-,43+,44+;;/m0../s1. The van der Waals surface area contributed by atoms with Crippen LogP contribution >= 0.6 is 0 Å². The molecule has 6 rings (SSSR count). The second kappa shape index (κ2) is 17.6. The summed E-state index contributed by atoms with van der Waals surface area (Å²) in [6.45, 7) is 14.9. The van der Waals surface area contributed by atoms with Crippen molar-refractivity contribution in [2.24, 2.45) is 50.2 Å². The van der Waals surface area contributed by atoms with Gasteiger partial charge in [-0.1, -0.05) is 84.4 Å². The molecule has 12 heteroatoms. The third kappa shape index (κ3) is 8.36. The number of ketones is 1. The van der Waals surface area contributed by atoms with Crippen LogP contribution in [0.1, 0.15) is 125 Å². The number of carbonyl (C=O) groups is 5. The van der Waals surface area contributed by atoms with Gasteiger partial charge in [0.25, 0.3) is 0 Å². The fourth-order valence-corrected chi connectivity index (χ4v) is 12.7. The first-order valence-electron chi connectivity index (χ1n) is 20.1. The van der Waals surface area contributed by atoms with Crippen molar-refractivity contribution in [1.82, 2.24) is 10.2 Å². The molecule has 296 valence electrons. The molecule has 0 aromatic heterocycles. The third-order valence-corrected chi connectivity index (χ3v) is 16.2. The summed E-state index contributed by atoms with van der Waals surface area (Å²) < 4.78 is 0. The first-order chi connectivity index (χ1) is 25.1. The Hall–Kier alpha value is -0.257. The molecule has 0 spiro atoms. The number of hydrogen-bond donors (Lipinski definition) is 2. The van der Waals surface area contributed by atoms with E-state index in [0.29, 0.717) is 25.7 Å². The number of benzene rings is 1. The number of nitrogens with zero attached hydrogens (tertiary/aromatic N) is 1. The van der Waals surface area contributed by atoms with Gasteiger partial charge < -0.3 is 35.1 Å². The Kier molecular flexibility index (Phi) is 15.2. The molecule has 5 aliphatic carbocycles. The molecule has 0 radical (unpaired) electrons. The molecule has 10 nitrogen and oxygen atoms in total. The van der Waals surface area contributed by atoms with E-state index in [4.69, 9.17) is 0 Å². The fraction of sp³-hybridized carbons (Fsp3) is 0.705. The molecule has 0 heterocycles. The van der Waals surface area contributed by atoms with Gasteiger partial charge in [-0.05, 0) is 121 Å². The monoisotopic (exact) mass is 822 g/mol. The fourth-order valence-electron chi connectivity index (χ4n) is 12.7. The number of carbonyl (C=O) groups excluding carboxylic acids is 5. The topological polar surface area (TPSA) is 167 Å². The Morgan fingerprint density at radius 2 is 1.54 bits per heavy atom. The summed E-state index contributed by atoms with van der Waals surface area (Å²) in [7, 11) is 0. The second-order valence-corrected chi connectivity index (χ2v) is 19.6. The van der Waals surface area contributed by atoms with E-state index in [1.807, 2.05) is 43.3 Å². The van der Waals surface area contributed by atoms with Crippen LogP contribution in [0.5, 0.6) is 0 Å². The van der Waals surface area contributed by atoms with Crippen molar-refractivity contribution >= 4 is 29.5 Å². The van der Waals surface area contributed by atoms with Gasteiger partial charge in [0, 0.05) is 23.8 Å². The van der Waals surface area contributed by atoms with Crippen LogP contribution in [-0.4, -0.2) is 58.2 Å². The number of fused-ring (bicyclic) bond motifs is 7. The molecular weight excluding hydrogens is 763 g/mol. The van der Waals surface area contributed by atoms with Crippen molar-refractivity contribution in [3.05, 3.63) is 47.5 Å². The van der Waals surface area contributed by atoms with Crippen molar-refractivity contribution in [3.63, 3.8) is 0 Å². The molecule has 10 atom stereocenters. The van der Waals surface area contributed by atoms with Crippen LogP contribution in [-0.2, 0) is 30.5 Å². The Morgan fingerprint density at radius 1 is 0.893 bits per heavy atom. The number of amides is 2. The molecule has 2 amide bonds. The molecule has 4 saturated carbocycles. The summed E-state index contributed by atoms with van der Waals surface area (Å²) in [6, 6.07) is 7.55. The Balaban J connectivity index is 0.00000348. The maximum atomic E-state index is 14.9. The van der Waals surface area contributed by atoms with Crippen LogP contribution in [0, 0.1) is 50.2 Å². The smallest absolute Gasteiger partial charge is 0.550 e. The van der Waals surface area contributed by atoms with E-state index < -0.39 is 60.7 Å². The van der Waals surface area contributed by atoms with Gasteiger partial charge in [-0.2, -0.15) is 0 Å². The van der Waals surface area contributed by atoms with E-state index in [-0.39, 0.29) is 160 Å². The molecule has 1 aromatic rings. The van der Waals surface area contributed by atoms with Crippen molar-refractivity contribution in [2.45, 2.75) is 138 Å². The summed E-state index contributed by atoms with van der Waals surface area (Å²) in [5, 5.41) is 37.9. The number of aliphatic hydroxyl groups excluding tert-OH is 1. The van der Waals surface area contributed by atoms with Crippen molar-refractivity contribution in [3.8, 4) is 0 Å². The van der Waals surface area contributed by atoms with Gasteiger partial charge in [-0.3, -0.25) is 14.4 Å². The molecular formula is C44H60K2N2O8. The van der Waals surface area contributed by atoms with Crippen LogP contribution in [0.4, 0.5) is 0 Å². The SMILES string of the molecule is CC1(C)[C@@H](O)CC[C@]2(C)[C@H]3C(=O)C=C4[C@@H]5C[C@@](C)(C(=O)N(CC(=O)NCc6ccccc6)C(CCC(=O)[O-])C(=O)[O-])CC[C@]5(C)CC[C@@]4(C)[C@]3(C)CC[C@@H]12.[K+].[K+]. The van der Waals surface area contributed by atoms with Gasteiger partial charge >= 0.3 is 103 Å². The zero-order valence-electron chi connectivity index (χ0n) is 35.3. The molecule has 0 aliphatic heterocycles. The largest absolute Gasteiger partial charge is 1.00 e. The Bertz CT molecular complexity index is 1740. The van der Waals surface area contributed by atoms with E-state index in [2.05, 4.69) is 46.9 Å². The van der Waals surface area contributed by atoms with Crippen molar-refractivity contribution in [1.29, 1.82) is 0 Å². The predicted molar refractivity (Wildman–Crippen MR) is 198 cm³/mol. The number of allylic oxidation sites excluding steroid dienone is 2. The summed E-state index contributed by atoms with van der Waals surface area (Å²) in [5.41, 5.74) is -0.562. The number of hydrogen-bond acceptors (Lipinski definition) is 8. The molecule has 5 aliphatic rings. The van der Waals surface area contributed by atoms with Crippen molar-refractivity contribution < 1.29 is 142 Å². The van der Waals surface area contributed by atoms with E-state index in [1.165, 1.54) is 0 Å². The van der Waals surface area contributed by atoms with E-state index in [1.54, 1.807) is 0 Å². The first kappa shape index (κ1) is 48.4. The van der Waals surface area contributed by atoms with E-state index >= 15 is 0 Å². The predicted octanol–water partition coefficient (Wildman–Crippen LogP) is -1.87. The molecule has 56 heavy (non-hydrogen) atoms.